The summed E-state index contributed by atoms with van der Waals surface area (Å²) in [4.78, 5) is 23.0. The molecule has 1 aromatic rings. The minimum atomic E-state index is -0.864. The first-order valence-corrected chi connectivity index (χ1v) is 6.87. The van der Waals surface area contributed by atoms with E-state index in [1.807, 2.05) is 0 Å². The minimum Gasteiger partial charge on any atom is -0.493 e. The summed E-state index contributed by atoms with van der Waals surface area (Å²) >= 11 is 0. The van der Waals surface area contributed by atoms with Crippen LogP contribution in [0.3, 0.4) is 0 Å². The summed E-state index contributed by atoms with van der Waals surface area (Å²) in [6, 6.07) is 3.38. The van der Waals surface area contributed by atoms with E-state index in [9.17, 15) is 9.59 Å². The van der Waals surface area contributed by atoms with Gasteiger partial charge in [-0.2, -0.15) is 0 Å². The van der Waals surface area contributed by atoms with Gasteiger partial charge in [-0.1, -0.05) is 0 Å². The fourth-order valence-electron chi connectivity index (χ4n) is 1.83. The second-order valence-electron chi connectivity index (χ2n) is 4.49. The topological polar surface area (TPSA) is 83.1 Å². The largest absolute Gasteiger partial charge is 0.493 e. The van der Waals surface area contributed by atoms with Gasteiger partial charge >= 0.3 is 5.97 Å². The highest BCUT2D eigenvalue weighted by Crippen LogP contribution is 2.38. The number of carbonyl (C=O) groups excluding carboxylic acids is 2. The zero-order chi connectivity index (χ0) is 17.4. The third kappa shape index (κ3) is 4.91. The first-order valence-electron chi connectivity index (χ1n) is 6.87. The van der Waals surface area contributed by atoms with Crippen LogP contribution in [0.4, 0.5) is 0 Å². The molecule has 7 nitrogen and oxygen atoms in total. The van der Waals surface area contributed by atoms with E-state index in [1.165, 1.54) is 47.5 Å². The molecule has 1 N–H and O–H groups in total. The molecule has 0 aliphatic carbocycles. The van der Waals surface area contributed by atoms with Gasteiger partial charge in [0, 0.05) is 13.1 Å². The van der Waals surface area contributed by atoms with Crippen LogP contribution >= 0.6 is 0 Å². The maximum atomic E-state index is 11.7. The van der Waals surface area contributed by atoms with Crippen LogP contribution in [0.1, 0.15) is 12.5 Å². The molecule has 1 atom stereocenters. The molecule has 0 bridgehead atoms. The maximum Gasteiger partial charge on any atom is 0.331 e. The summed E-state index contributed by atoms with van der Waals surface area (Å²) < 4.78 is 20.6. The molecule has 0 spiro atoms. The summed E-state index contributed by atoms with van der Waals surface area (Å²) in [6.07, 6.45) is 1.89. The van der Waals surface area contributed by atoms with Crippen molar-refractivity contribution in [3.8, 4) is 17.2 Å². The van der Waals surface area contributed by atoms with Gasteiger partial charge in [0.15, 0.2) is 17.6 Å². The van der Waals surface area contributed by atoms with Gasteiger partial charge in [-0.15, -0.1) is 0 Å². The number of nitrogens with one attached hydrogen (secondary N) is 1. The maximum absolute atomic E-state index is 11.7. The Balaban J connectivity index is 2.91. The normalized spacial score (nSPS) is 11.7. The minimum absolute atomic E-state index is 0.375. The average Bonchev–Trinajstić information content (AvgIpc) is 2.57. The highest BCUT2D eigenvalue weighted by atomic mass is 16.5. The number of likely N-dealkylation sites (N-methyl/N-ethyl adjacent to an activating group) is 1. The van der Waals surface area contributed by atoms with E-state index in [0.29, 0.717) is 22.8 Å². The second-order valence-corrected chi connectivity index (χ2v) is 4.49. The average molecular weight is 323 g/mol. The molecule has 1 rings (SSSR count). The predicted octanol–water partition coefficient (Wildman–Crippen LogP) is 1.40. The molecule has 0 fully saturated rings. The summed E-state index contributed by atoms with van der Waals surface area (Å²) in [6.45, 7) is 1.49. The van der Waals surface area contributed by atoms with Crippen molar-refractivity contribution >= 4 is 18.0 Å². The van der Waals surface area contributed by atoms with E-state index in [-0.39, 0.29) is 5.91 Å². The SMILES string of the molecule is CNC(=O)[C@H](C)OC(=O)/C=C/c1cc(OC)c(OC)c(OC)c1. The second kappa shape index (κ2) is 8.67. The summed E-state index contributed by atoms with van der Waals surface area (Å²) in [5.41, 5.74) is 0.657. The van der Waals surface area contributed by atoms with Crippen LogP contribution < -0.4 is 19.5 Å². The van der Waals surface area contributed by atoms with Crippen LogP contribution in [0.25, 0.3) is 6.08 Å². The number of methoxy groups -OCH3 is 3. The Morgan fingerprint density at radius 3 is 2.09 bits per heavy atom. The Morgan fingerprint density at radius 1 is 1.09 bits per heavy atom. The molecule has 23 heavy (non-hydrogen) atoms. The molecule has 0 aromatic heterocycles. The quantitative estimate of drug-likeness (QED) is 0.603. The number of ether oxygens (including phenoxy) is 4. The van der Waals surface area contributed by atoms with Crippen molar-refractivity contribution in [2.45, 2.75) is 13.0 Å². The molecule has 0 heterocycles. The van der Waals surface area contributed by atoms with E-state index >= 15 is 0 Å². The summed E-state index contributed by atoms with van der Waals surface area (Å²) in [7, 11) is 5.99. The van der Waals surface area contributed by atoms with Gasteiger partial charge in [-0.3, -0.25) is 4.79 Å². The van der Waals surface area contributed by atoms with E-state index in [2.05, 4.69) is 5.32 Å². The van der Waals surface area contributed by atoms with Crippen LogP contribution in [0.2, 0.25) is 0 Å². The Hall–Kier alpha value is -2.70. The molecular weight excluding hydrogens is 302 g/mol. The number of carbonyl (C=O) groups is 2. The third-order valence-electron chi connectivity index (χ3n) is 3.01. The van der Waals surface area contributed by atoms with Gasteiger partial charge in [0.25, 0.3) is 5.91 Å². The Labute approximate surface area is 135 Å². The van der Waals surface area contributed by atoms with Crippen molar-refractivity contribution in [3.63, 3.8) is 0 Å². The number of benzene rings is 1. The molecule has 1 aromatic carbocycles. The van der Waals surface area contributed by atoms with Gasteiger partial charge < -0.3 is 24.3 Å². The first-order chi connectivity index (χ1) is 11.0. The molecule has 1 amide bonds. The van der Waals surface area contributed by atoms with Gasteiger partial charge in [-0.25, -0.2) is 4.79 Å². The summed E-state index contributed by atoms with van der Waals surface area (Å²) in [5.74, 6) is 0.398. The summed E-state index contributed by atoms with van der Waals surface area (Å²) in [5, 5.41) is 2.40. The van der Waals surface area contributed by atoms with Gasteiger partial charge in [0.1, 0.15) is 0 Å². The van der Waals surface area contributed by atoms with E-state index in [0.717, 1.165) is 0 Å². The van der Waals surface area contributed by atoms with Crippen molar-refractivity contribution in [2.75, 3.05) is 28.4 Å². The molecule has 0 unspecified atom stereocenters. The lowest BCUT2D eigenvalue weighted by atomic mass is 10.1. The Morgan fingerprint density at radius 2 is 1.65 bits per heavy atom. The smallest absolute Gasteiger partial charge is 0.331 e. The Bertz CT molecular complexity index is 571. The standard InChI is InChI=1S/C16H21NO6/c1-10(16(19)17-2)23-14(18)7-6-11-8-12(20-3)15(22-5)13(9-11)21-4/h6-10H,1-5H3,(H,17,19)/b7-6+/t10-/m0/s1. The number of hydrogen-bond donors (Lipinski definition) is 1. The highest BCUT2D eigenvalue weighted by Gasteiger charge is 2.15. The van der Waals surface area contributed by atoms with E-state index in [1.54, 1.807) is 12.1 Å². The van der Waals surface area contributed by atoms with Crippen molar-refractivity contribution < 1.29 is 28.5 Å². The van der Waals surface area contributed by atoms with Crippen LogP contribution in [0, 0.1) is 0 Å². The zero-order valence-corrected chi connectivity index (χ0v) is 13.8. The van der Waals surface area contributed by atoms with Gasteiger partial charge in [0.2, 0.25) is 5.75 Å². The van der Waals surface area contributed by atoms with Crippen molar-refractivity contribution in [1.29, 1.82) is 0 Å². The molecule has 0 saturated carbocycles. The number of hydrogen-bond acceptors (Lipinski definition) is 6. The molecule has 7 heteroatoms. The van der Waals surface area contributed by atoms with Crippen molar-refractivity contribution in [2.24, 2.45) is 0 Å². The van der Waals surface area contributed by atoms with Crippen LogP contribution in [-0.2, 0) is 14.3 Å². The van der Waals surface area contributed by atoms with Gasteiger partial charge in [0.05, 0.1) is 21.3 Å². The predicted molar refractivity (Wildman–Crippen MR) is 84.8 cm³/mol. The fourth-order valence-corrected chi connectivity index (χ4v) is 1.83. The molecule has 0 aliphatic rings. The van der Waals surface area contributed by atoms with Crippen molar-refractivity contribution in [3.05, 3.63) is 23.8 Å². The van der Waals surface area contributed by atoms with E-state index < -0.39 is 12.1 Å². The lowest BCUT2D eigenvalue weighted by Crippen LogP contribution is -2.32. The van der Waals surface area contributed by atoms with Crippen LogP contribution in [0.5, 0.6) is 17.2 Å². The molecule has 0 saturated heterocycles. The highest BCUT2D eigenvalue weighted by molar-refractivity contribution is 5.90. The third-order valence-corrected chi connectivity index (χ3v) is 3.01. The number of rotatable bonds is 7. The zero-order valence-electron chi connectivity index (χ0n) is 13.8. The lowest BCUT2D eigenvalue weighted by molar-refractivity contribution is -0.149. The number of esters is 1. The molecule has 0 aliphatic heterocycles. The molecular formula is C16H21NO6. The van der Waals surface area contributed by atoms with Crippen LogP contribution in [0.15, 0.2) is 18.2 Å². The molecule has 126 valence electrons. The monoisotopic (exact) mass is 323 g/mol. The fraction of sp³-hybridized carbons (Fsp3) is 0.375. The first kappa shape index (κ1) is 18.3. The molecule has 0 radical (unpaired) electrons. The van der Waals surface area contributed by atoms with Crippen molar-refractivity contribution in [1.82, 2.24) is 5.32 Å². The van der Waals surface area contributed by atoms with Gasteiger partial charge in [-0.05, 0) is 30.7 Å². The number of amides is 1. The Kier molecular flexibility index (Phi) is 6.92. The van der Waals surface area contributed by atoms with Crippen LogP contribution in [-0.4, -0.2) is 46.4 Å². The lowest BCUT2D eigenvalue weighted by Gasteiger charge is -2.13. The van der Waals surface area contributed by atoms with E-state index in [4.69, 9.17) is 18.9 Å².